The Hall–Kier alpha value is -1.30. The summed E-state index contributed by atoms with van der Waals surface area (Å²) in [5.74, 6) is 2.51. The van der Waals surface area contributed by atoms with Crippen molar-refractivity contribution >= 4 is 0 Å². The lowest BCUT2D eigenvalue weighted by atomic mass is 9.48. The van der Waals surface area contributed by atoms with E-state index in [1.54, 1.807) is 7.11 Å². The van der Waals surface area contributed by atoms with E-state index in [0.717, 1.165) is 49.6 Å². The van der Waals surface area contributed by atoms with Crippen LogP contribution in [0.3, 0.4) is 0 Å². The molecule has 5 heteroatoms. The first kappa shape index (κ1) is 16.6. The molecule has 0 radical (unpaired) electrons. The summed E-state index contributed by atoms with van der Waals surface area (Å²) in [7, 11) is 3.58. The second-order valence-corrected chi connectivity index (χ2v) is 9.25. The quantitative estimate of drug-likeness (QED) is 0.880. The highest BCUT2D eigenvalue weighted by atomic mass is 16.5. The van der Waals surface area contributed by atoms with Gasteiger partial charge < -0.3 is 19.3 Å². The van der Waals surface area contributed by atoms with Gasteiger partial charge in [-0.3, -0.25) is 4.90 Å². The first-order valence-electron chi connectivity index (χ1n) is 10.5. The van der Waals surface area contributed by atoms with Crippen molar-refractivity contribution in [3.63, 3.8) is 0 Å². The summed E-state index contributed by atoms with van der Waals surface area (Å²) in [6.07, 6.45) is 5.67. The van der Waals surface area contributed by atoms with Crippen molar-refractivity contribution < 1.29 is 19.3 Å². The molecule has 2 bridgehead atoms. The lowest BCUT2D eigenvalue weighted by molar-refractivity contribution is -0.222. The minimum atomic E-state index is -0.452. The molecule has 3 fully saturated rings. The Bertz CT molecular complexity index is 793. The number of hydrogen-bond acceptors (Lipinski definition) is 5. The number of aliphatic hydroxyl groups excluding tert-OH is 1. The minimum Gasteiger partial charge on any atom is -0.493 e. The maximum absolute atomic E-state index is 11.0. The van der Waals surface area contributed by atoms with Crippen LogP contribution in [0.25, 0.3) is 0 Å². The van der Waals surface area contributed by atoms with Crippen molar-refractivity contribution in [2.24, 2.45) is 5.92 Å². The van der Waals surface area contributed by atoms with E-state index in [-0.39, 0.29) is 17.1 Å². The fraction of sp³-hybridized carbons (Fsp3) is 0.727. The molecule has 1 saturated heterocycles. The highest BCUT2D eigenvalue weighted by Crippen LogP contribution is 2.66. The number of piperidine rings is 1. The van der Waals surface area contributed by atoms with Crippen LogP contribution >= 0.6 is 0 Å². The summed E-state index contributed by atoms with van der Waals surface area (Å²) in [5.41, 5.74) is 2.09. The summed E-state index contributed by atoms with van der Waals surface area (Å²) in [4.78, 5) is 2.70. The fourth-order valence-corrected chi connectivity index (χ4v) is 6.99. The zero-order chi connectivity index (χ0) is 18.4. The van der Waals surface area contributed by atoms with E-state index in [4.69, 9.17) is 14.2 Å². The Morgan fingerprint density at radius 1 is 1.22 bits per heavy atom. The van der Waals surface area contributed by atoms with Gasteiger partial charge in [-0.2, -0.15) is 0 Å². The van der Waals surface area contributed by atoms with Crippen LogP contribution in [0.15, 0.2) is 12.1 Å². The first-order valence-corrected chi connectivity index (χ1v) is 10.5. The van der Waals surface area contributed by atoms with Gasteiger partial charge in [-0.15, -0.1) is 0 Å². The van der Waals surface area contributed by atoms with Crippen molar-refractivity contribution in [3.8, 4) is 11.5 Å². The predicted octanol–water partition coefficient (Wildman–Crippen LogP) is 2.27. The van der Waals surface area contributed by atoms with E-state index >= 15 is 0 Å². The number of benzene rings is 1. The lowest BCUT2D eigenvalue weighted by Crippen LogP contribution is -2.77. The number of likely N-dealkylation sites (tertiary alicyclic amines) is 1. The molecule has 146 valence electrons. The molecule has 5 atom stereocenters. The third kappa shape index (κ3) is 1.86. The average molecular weight is 371 g/mol. The molecule has 6 rings (SSSR count). The van der Waals surface area contributed by atoms with Gasteiger partial charge in [0.25, 0.3) is 0 Å². The van der Waals surface area contributed by atoms with Gasteiger partial charge in [0.15, 0.2) is 11.5 Å². The van der Waals surface area contributed by atoms with E-state index in [0.29, 0.717) is 6.04 Å². The van der Waals surface area contributed by atoms with Gasteiger partial charge in [0.1, 0.15) is 6.10 Å². The number of ether oxygens (including phenoxy) is 3. The van der Waals surface area contributed by atoms with Crippen LogP contribution in [0.4, 0.5) is 0 Å². The number of aliphatic hydroxyl groups is 1. The predicted molar refractivity (Wildman–Crippen MR) is 100 cm³/mol. The van der Waals surface area contributed by atoms with Gasteiger partial charge in [0, 0.05) is 25.3 Å². The normalized spacial score (nSPS) is 41.8. The molecule has 1 N–H and O–H groups in total. The van der Waals surface area contributed by atoms with E-state index in [1.165, 1.54) is 30.5 Å². The molecule has 5 nitrogen and oxygen atoms in total. The van der Waals surface area contributed by atoms with E-state index in [1.807, 2.05) is 13.2 Å². The molecule has 0 amide bonds. The molecule has 5 aliphatic rings. The van der Waals surface area contributed by atoms with Crippen molar-refractivity contribution in [2.45, 2.75) is 67.8 Å². The number of nitrogens with zero attached hydrogens (tertiary/aromatic N) is 1. The summed E-state index contributed by atoms with van der Waals surface area (Å²) in [6, 6.07) is 4.62. The molecular weight excluding hydrogens is 342 g/mol. The highest BCUT2D eigenvalue weighted by Gasteiger charge is 2.73. The van der Waals surface area contributed by atoms with Crippen LogP contribution in [-0.2, 0) is 16.6 Å². The van der Waals surface area contributed by atoms with Crippen LogP contribution in [0, 0.1) is 5.92 Å². The van der Waals surface area contributed by atoms with Gasteiger partial charge in [0.2, 0.25) is 0 Å². The van der Waals surface area contributed by atoms with E-state index in [9.17, 15) is 5.11 Å². The molecule has 1 aromatic carbocycles. The van der Waals surface area contributed by atoms with E-state index < -0.39 is 6.10 Å². The van der Waals surface area contributed by atoms with Crippen LogP contribution in [-0.4, -0.2) is 61.2 Å². The Kier molecular flexibility index (Phi) is 3.33. The molecule has 2 aliphatic heterocycles. The largest absolute Gasteiger partial charge is 0.493 e. The van der Waals surface area contributed by atoms with Crippen molar-refractivity contribution in [3.05, 3.63) is 23.3 Å². The Labute approximate surface area is 160 Å². The van der Waals surface area contributed by atoms with Crippen LogP contribution in [0.5, 0.6) is 11.5 Å². The number of hydrogen-bond donors (Lipinski definition) is 1. The van der Waals surface area contributed by atoms with Crippen LogP contribution in [0.2, 0.25) is 0 Å². The lowest BCUT2D eigenvalue weighted by Gasteiger charge is -2.65. The maximum Gasteiger partial charge on any atom is 0.166 e. The molecule has 2 heterocycles. The smallest absolute Gasteiger partial charge is 0.166 e. The zero-order valence-electron chi connectivity index (χ0n) is 16.2. The second kappa shape index (κ2) is 5.40. The Morgan fingerprint density at radius 3 is 2.81 bits per heavy atom. The Balaban J connectivity index is 1.58. The first-order chi connectivity index (χ1) is 13.1. The molecule has 3 aliphatic carbocycles. The van der Waals surface area contributed by atoms with Crippen LogP contribution in [0.1, 0.15) is 43.2 Å². The third-order valence-corrected chi connectivity index (χ3v) is 8.26. The highest BCUT2D eigenvalue weighted by molar-refractivity contribution is 5.63. The standard InChI is InChI=1S/C22H29NO4/c1-25-16-6-5-14-11-17-22(26-2)8-7-15(24)20-21(22,18(14)19(16)27-20)9-10-23(17)12-13-3-4-13/h5-6,13,15,17,20,24H,3-4,7-12H2,1-2H3/t15?,17?,20?,21?,22-/m1/s1. The van der Waals surface area contributed by atoms with Gasteiger partial charge >= 0.3 is 0 Å². The fourth-order valence-electron chi connectivity index (χ4n) is 6.99. The molecule has 1 aromatic rings. The zero-order valence-corrected chi connectivity index (χ0v) is 16.2. The molecular formula is C22H29NO4. The molecule has 1 spiro atoms. The Morgan fingerprint density at radius 2 is 2.07 bits per heavy atom. The number of rotatable bonds is 4. The van der Waals surface area contributed by atoms with Crippen molar-refractivity contribution in [1.29, 1.82) is 0 Å². The topological polar surface area (TPSA) is 51.2 Å². The molecule has 4 unspecified atom stereocenters. The van der Waals surface area contributed by atoms with Gasteiger partial charge in [-0.05, 0) is 62.6 Å². The molecule has 2 saturated carbocycles. The summed E-state index contributed by atoms with van der Waals surface area (Å²) < 4.78 is 18.6. The minimum absolute atomic E-state index is 0.234. The van der Waals surface area contributed by atoms with Crippen molar-refractivity contribution in [2.75, 3.05) is 27.3 Å². The van der Waals surface area contributed by atoms with Crippen molar-refractivity contribution in [1.82, 2.24) is 4.90 Å². The monoisotopic (exact) mass is 371 g/mol. The van der Waals surface area contributed by atoms with Gasteiger partial charge in [0.05, 0.1) is 24.2 Å². The second-order valence-electron chi connectivity index (χ2n) is 9.25. The van der Waals surface area contributed by atoms with Gasteiger partial charge in [-0.25, -0.2) is 0 Å². The summed E-state index contributed by atoms with van der Waals surface area (Å²) in [6.45, 7) is 2.26. The summed E-state index contributed by atoms with van der Waals surface area (Å²) in [5, 5.41) is 11.0. The maximum atomic E-state index is 11.0. The number of methoxy groups -OCH3 is 2. The average Bonchev–Trinajstić information content (AvgIpc) is 3.43. The van der Waals surface area contributed by atoms with Gasteiger partial charge in [-0.1, -0.05) is 6.07 Å². The summed E-state index contributed by atoms with van der Waals surface area (Å²) >= 11 is 0. The van der Waals surface area contributed by atoms with E-state index in [2.05, 4.69) is 11.0 Å². The molecule has 0 aromatic heterocycles. The third-order valence-electron chi connectivity index (χ3n) is 8.26. The SMILES string of the molecule is COc1ccc2c3c1OC1C(O)CC[C@@]4(OC)C(C2)N(CC2CC2)CCC314. The molecule has 27 heavy (non-hydrogen) atoms. The van der Waals surface area contributed by atoms with Crippen LogP contribution < -0.4 is 9.47 Å².